The first-order valence-corrected chi connectivity index (χ1v) is 9.35. The minimum Gasteiger partial charge on any atom is -0.314 e. The smallest absolute Gasteiger partial charge is 0.255 e. The van der Waals surface area contributed by atoms with Crippen molar-refractivity contribution in [2.75, 3.05) is 25.6 Å². The molecule has 0 bridgehead atoms. The molecule has 0 aliphatic carbocycles. The second kappa shape index (κ2) is 5.62. The summed E-state index contributed by atoms with van der Waals surface area (Å²) in [7, 11) is 0.799. The van der Waals surface area contributed by atoms with Crippen LogP contribution in [0.4, 0.5) is 0 Å². The second-order valence-corrected chi connectivity index (χ2v) is 8.69. The van der Waals surface area contributed by atoms with E-state index < -0.39 is 21.9 Å². The predicted molar refractivity (Wildman–Crippen MR) is 85.4 cm³/mol. The number of carbonyl (C=O) groups is 1. The molecule has 2 atom stereocenters. The fraction of sp³-hybridized carbons (Fsp3) is 0.500. The molecular weight excluding hydrogens is 314 g/mol. The molecule has 0 radical (unpaired) electrons. The molecule has 2 heterocycles. The van der Waals surface area contributed by atoms with Gasteiger partial charge in [0.1, 0.15) is 6.04 Å². The molecule has 2 aliphatic heterocycles. The lowest BCUT2D eigenvalue weighted by Gasteiger charge is -2.26. The lowest BCUT2D eigenvalue weighted by Crippen LogP contribution is -2.38. The average molecular weight is 333 g/mol. The molecule has 7 heteroatoms. The van der Waals surface area contributed by atoms with E-state index >= 15 is 0 Å². The minimum absolute atomic E-state index is 0.0462. The van der Waals surface area contributed by atoms with E-state index in [1.807, 2.05) is 31.1 Å². The first-order chi connectivity index (χ1) is 10.8. The SMILES string of the molecule is CN(C)Cc1ccc2c(c1)C(C#N)N(C1CCS(=O)(=O)C1)C2=O. The Labute approximate surface area is 136 Å². The monoisotopic (exact) mass is 333 g/mol. The highest BCUT2D eigenvalue weighted by atomic mass is 32.2. The Morgan fingerprint density at radius 2 is 2.13 bits per heavy atom. The van der Waals surface area contributed by atoms with Crippen molar-refractivity contribution >= 4 is 15.7 Å². The summed E-state index contributed by atoms with van der Waals surface area (Å²) < 4.78 is 23.4. The first-order valence-electron chi connectivity index (χ1n) is 7.52. The Morgan fingerprint density at radius 1 is 1.39 bits per heavy atom. The third-order valence-electron chi connectivity index (χ3n) is 4.38. The van der Waals surface area contributed by atoms with Crippen LogP contribution in [0.1, 0.15) is 33.9 Å². The summed E-state index contributed by atoms with van der Waals surface area (Å²) in [6, 6.07) is 6.62. The van der Waals surface area contributed by atoms with Crippen LogP contribution in [-0.2, 0) is 16.4 Å². The van der Waals surface area contributed by atoms with Crippen LogP contribution in [0, 0.1) is 11.3 Å². The van der Waals surface area contributed by atoms with Gasteiger partial charge in [0.25, 0.3) is 5.91 Å². The maximum Gasteiger partial charge on any atom is 0.255 e. The van der Waals surface area contributed by atoms with Crippen molar-refractivity contribution in [3.05, 3.63) is 34.9 Å². The average Bonchev–Trinajstić information content (AvgIpc) is 2.95. The van der Waals surface area contributed by atoms with Crippen LogP contribution in [-0.4, -0.2) is 55.8 Å². The standard InChI is InChI=1S/C16H19N3O3S/c1-18(2)9-11-3-4-13-14(7-11)15(8-17)19(16(13)20)12-5-6-23(21,22)10-12/h3-4,7,12,15H,5-6,9-10H2,1-2H3. The van der Waals surface area contributed by atoms with Gasteiger partial charge >= 0.3 is 0 Å². The van der Waals surface area contributed by atoms with Gasteiger partial charge < -0.3 is 9.80 Å². The highest BCUT2D eigenvalue weighted by molar-refractivity contribution is 7.91. The zero-order valence-corrected chi connectivity index (χ0v) is 14.0. The van der Waals surface area contributed by atoms with Crippen LogP contribution in [0.25, 0.3) is 0 Å². The molecular formula is C16H19N3O3S. The van der Waals surface area contributed by atoms with Gasteiger partial charge in [0.05, 0.1) is 17.6 Å². The van der Waals surface area contributed by atoms with Crippen molar-refractivity contribution in [2.45, 2.75) is 25.0 Å². The highest BCUT2D eigenvalue weighted by Gasteiger charge is 2.44. The van der Waals surface area contributed by atoms with Crippen LogP contribution in [0.5, 0.6) is 0 Å². The molecule has 0 saturated carbocycles. The van der Waals surface area contributed by atoms with Crippen molar-refractivity contribution in [2.24, 2.45) is 0 Å². The van der Waals surface area contributed by atoms with Gasteiger partial charge in [-0.25, -0.2) is 8.42 Å². The second-order valence-electron chi connectivity index (χ2n) is 6.46. The fourth-order valence-electron chi connectivity index (χ4n) is 3.41. The first kappa shape index (κ1) is 16.0. The van der Waals surface area contributed by atoms with E-state index in [0.717, 1.165) is 12.1 Å². The van der Waals surface area contributed by atoms with Crippen LogP contribution in [0.3, 0.4) is 0 Å². The highest BCUT2D eigenvalue weighted by Crippen LogP contribution is 2.37. The molecule has 0 aromatic heterocycles. The summed E-state index contributed by atoms with van der Waals surface area (Å²) in [6.07, 6.45) is 0.408. The third-order valence-corrected chi connectivity index (χ3v) is 6.13. The number of hydrogen-bond acceptors (Lipinski definition) is 5. The van der Waals surface area contributed by atoms with Crippen LogP contribution >= 0.6 is 0 Å². The van der Waals surface area contributed by atoms with Gasteiger partial charge in [0, 0.05) is 23.7 Å². The van der Waals surface area contributed by atoms with Gasteiger partial charge in [0.2, 0.25) is 0 Å². The molecule has 23 heavy (non-hydrogen) atoms. The van der Waals surface area contributed by atoms with E-state index in [1.165, 1.54) is 4.90 Å². The van der Waals surface area contributed by atoms with Gasteiger partial charge in [-0.05, 0) is 32.1 Å². The van der Waals surface area contributed by atoms with Crippen molar-refractivity contribution in [1.82, 2.24) is 9.80 Å². The molecule has 1 fully saturated rings. The molecule has 6 nitrogen and oxygen atoms in total. The molecule has 0 N–H and O–H groups in total. The van der Waals surface area contributed by atoms with Gasteiger partial charge in [-0.1, -0.05) is 12.1 Å². The Balaban J connectivity index is 1.96. The molecule has 2 aliphatic rings. The normalized spacial score (nSPS) is 25.7. The molecule has 0 spiro atoms. The zero-order chi connectivity index (χ0) is 16.8. The van der Waals surface area contributed by atoms with Crippen molar-refractivity contribution in [3.63, 3.8) is 0 Å². The topological polar surface area (TPSA) is 81.5 Å². The predicted octanol–water partition coefficient (Wildman–Crippen LogP) is 0.956. The Bertz CT molecular complexity index is 795. The number of hydrogen-bond donors (Lipinski definition) is 0. The number of nitriles is 1. The summed E-state index contributed by atoms with van der Waals surface area (Å²) in [5, 5.41) is 9.56. The van der Waals surface area contributed by atoms with Crippen LogP contribution < -0.4 is 0 Å². The van der Waals surface area contributed by atoms with E-state index in [1.54, 1.807) is 6.07 Å². The number of fused-ring (bicyclic) bond motifs is 1. The molecule has 1 saturated heterocycles. The van der Waals surface area contributed by atoms with Crippen molar-refractivity contribution in [3.8, 4) is 6.07 Å². The lowest BCUT2D eigenvalue weighted by molar-refractivity contribution is 0.0694. The number of nitrogens with zero attached hydrogens (tertiary/aromatic N) is 3. The maximum absolute atomic E-state index is 12.7. The van der Waals surface area contributed by atoms with Gasteiger partial charge in [-0.2, -0.15) is 5.26 Å². The van der Waals surface area contributed by atoms with E-state index in [2.05, 4.69) is 6.07 Å². The maximum atomic E-state index is 12.7. The molecule has 2 unspecified atom stereocenters. The van der Waals surface area contributed by atoms with E-state index in [4.69, 9.17) is 0 Å². The molecule has 1 aromatic rings. The molecule has 1 amide bonds. The van der Waals surface area contributed by atoms with E-state index in [-0.39, 0.29) is 17.4 Å². The Kier molecular flexibility index (Phi) is 3.90. The third kappa shape index (κ3) is 2.84. The van der Waals surface area contributed by atoms with Gasteiger partial charge in [0.15, 0.2) is 9.84 Å². The number of carbonyl (C=O) groups excluding carboxylic acids is 1. The molecule has 122 valence electrons. The summed E-state index contributed by atoms with van der Waals surface area (Å²) >= 11 is 0. The number of benzene rings is 1. The van der Waals surface area contributed by atoms with E-state index in [9.17, 15) is 18.5 Å². The van der Waals surface area contributed by atoms with Crippen molar-refractivity contribution in [1.29, 1.82) is 5.26 Å². The largest absolute Gasteiger partial charge is 0.314 e. The molecule has 3 rings (SSSR count). The lowest BCUT2D eigenvalue weighted by atomic mass is 10.0. The molecule has 1 aromatic carbocycles. The van der Waals surface area contributed by atoms with Crippen LogP contribution in [0.2, 0.25) is 0 Å². The van der Waals surface area contributed by atoms with Gasteiger partial charge in [-0.3, -0.25) is 4.79 Å². The number of amides is 1. The zero-order valence-electron chi connectivity index (χ0n) is 13.2. The summed E-state index contributed by atoms with van der Waals surface area (Å²) in [4.78, 5) is 16.1. The van der Waals surface area contributed by atoms with Crippen molar-refractivity contribution < 1.29 is 13.2 Å². The summed E-state index contributed by atoms with van der Waals surface area (Å²) in [6.45, 7) is 0.720. The quantitative estimate of drug-likeness (QED) is 0.823. The van der Waals surface area contributed by atoms with Gasteiger partial charge in [-0.15, -0.1) is 0 Å². The van der Waals surface area contributed by atoms with E-state index in [0.29, 0.717) is 17.5 Å². The minimum atomic E-state index is -3.11. The number of sulfone groups is 1. The Morgan fingerprint density at radius 3 is 2.70 bits per heavy atom. The fourth-order valence-corrected chi connectivity index (χ4v) is 5.12. The number of rotatable bonds is 3. The van der Waals surface area contributed by atoms with Crippen LogP contribution in [0.15, 0.2) is 18.2 Å². The Hall–Kier alpha value is -1.91. The summed E-state index contributed by atoms with van der Waals surface area (Å²) in [5.74, 6) is -0.192. The summed E-state index contributed by atoms with van der Waals surface area (Å²) in [5.41, 5.74) is 2.24.